The third-order valence-electron chi connectivity index (χ3n) is 3.08. The predicted molar refractivity (Wildman–Crippen MR) is 75.6 cm³/mol. The number of aldehydes is 1. The average Bonchev–Trinajstić information content (AvgIpc) is 2.72. The minimum absolute atomic E-state index is 0.113. The lowest BCUT2D eigenvalue weighted by Gasteiger charge is -2.08. The standard InChI is InChI=1S/C15H14O2S/c1-2-3-4-5-10-8-12-11(6-7-14(12)17)13(9-16)15(10)18/h2-5,8-9,18H,6-7H2,1H3/b3-2+,5-4+. The summed E-state index contributed by atoms with van der Waals surface area (Å²) in [5.74, 6) is 0.113. The molecule has 0 unspecified atom stereocenters. The van der Waals surface area contributed by atoms with Gasteiger partial charge in [-0.25, -0.2) is 0 Å². The number of hydrogen-bond acceptors (Lipinski definition) is 3. The first kappa shape index (κ1) is 12.8. The Bertz CT molecular complexity index is 568. The van der Waals surface area contributed by atoms with Gasteiger partial charge >= 0.3 is 0 Å². The Hall–Kier alpha value is -1.61. The van der Waals surface area contributed by atoms with Crippen LogP contribution in [-0.4, -0.2) is 12.1 Å². The Labute approximate surface area is 112 Å². The van der Waals surface area contributed by atoms with Crippen molar-refractivity contribution in [1.82, 2.24) is 0 Å². The molecule has 1 aromatic carbocycles. The van der Waals surface area contributed by atoms with Crippen LogP contribution < -0.4 is 0 Å². The van der Waals surface area contributed by atoms with Crippen molar-refractivity contribution in [2.45, 2.75) is 24.7 Å². The van der Waals surface area contributed by atoms with Crippen LogP contribution in [0.25, 0.3) is 6.08 Å². The molecule has 92 valence electrons. The van der Waals surface area contributed by atoms with Crippen molar-refractivity contribution >= 4 is 30.8 Å². The molecule has 0 saturated carbocycles. The van der Waals surface area contributed by atoms with Gasteiger partial charge in [-0.3, -0.25) is 9.59 Å². The lowest BCUT2D eigenvalue weighted by atomic mass is 9.99. The topological polar surface area (TPSA) is 34.1 Å². The van der Waals surface area contributed by atoms with Gasteiger partial charge in [-0.05, 0) is 30.5 Å². The average molecular weight is 258 g/mol. The molecule has 0 spiro atoms. The van der Waals surface area contributed by atoms with Gasteiger partial charge in [-0.1, -0.05) is 24.3 Å². The SMILES string of the molecule is C/C=C/C=C/c1cc2c(c(C=O)c1S)CCC2=O. The Kier molecular flexibility index (Phi) is 3.82. The summed E-state index contributed by atoms with van der Waals surface area (Å²) in [6.45, 7) is 1.93. The Morgan fingerprint density at radius 2 is 2.06 bits per heavy atom. The number of fused-ring (bicyclic) bond motifs is 1. The number of benzene rings is 1. The normalized spacial score (nSPS) is 14.7. The summed E-state index contributed by atoms with van der Waals surface area (Å²) in [4.78, 5) is 23.6. The molecule has 2 rings (SSSR count). The molecule has 0 atom stereocenters. The van der Waals surface area contributed by atoms with Crippen LogP contribution in [0.3, 0.4) is 0 Å². The van der Waals surface area contributed by atoms with Crippen LogP contribution >= 0.6 is 12.6 Å². The summed E-state index contributed by atoms with van der Waals surface area (Å²) >= 11 is 4.40. The maximum absolute atomic E-state index is 11.7. The highest BCUT2D eigenvalue weighted by atomic mass is 32.1. The quantitative estimate of drug-likeness (QED) is 0.511. The van der Waals surface area contributed by atoms with Crippen molar-refractivity contribution in [3.05, 3.63) is 46.5 Å². The lowest BCUT2D eigenvalue weighted by molar-refractivity contribution is 0.0994. The maximum atomic E-state index is 11.7. The molecular formula is C15H14O2S. The van der Waals surface area contributed by atoms with E-state index in [1.54, 1.807) is 0 Å². The van der Waals surface area contributed by atoms with E-state index >= 15 is 0 Å². The Morgan fingerprint density at radius 1 is 1.28 bits per heavy atom. The third kappa shape index (κ3) is 2.18. The Morgan fingerprint density at radius 3 is 2.72 bits per heavy atom. The molecule has 0 saturated heterocycles. The van der Waals surface area contributed by atoms with Gasteiger partial charge in [0.15, 0.2) is 12.1 Å². The van der Waals surface area contributed by atoms with E-state index in [4.69, 9.17) is 0 Å². The molecular weight excluding hydrogens is 244 g/mol. The molecule has 3 heteroatoms. The van der Waals surface area contributed by atoms with Gasteiger partial charge < -0.3 is 0 Å². The van der Waals surface area contributed by atoms with Crippen LogP contribution in [0.5, 0.6) is 0 Å². The zero-order chi connectivity index (χ0) is 13.1. The second-order valence-corrected chi connectivity index (χ2v) is 4.63. The molecule has 2 nitrogen and oxygen atoms in total. The van der Waals surface area contributed by atoms with Crippen LogP contribution in [0, 0.1) is 0 Å². The van der Waals surface area contributed by atoms with Gasteiger partial charge in [0, 0.05) is 22.4 Å². The van der Waals surface area contributed by atoms with Gasteiger partial charge in [0.05, 0.1) is 0 Å². The van der Waals surface area contributed by atoms with Crippen molar-refractivity contribution in [2.24, 2.45) is 0 Å². The molecule has 0 fully saturated rings. The minimum atomic E-state index is 0.113. The summed E-state index contributed by atoms with van der Waals surface area (Å²) in [5, 5.41) is 0. The van der Waals surface area contributed by atoms with Crippen LogP contribution in [-0.2, 0) is 6.42 Å². The molecule has 0 N–H and O–H groups in total. The van der Waals surface area contributed by atoms with Crippen LogP contribution in [0.2, 0.25) is 0 Å². The minimum Gasteiger partial charge on any atom is -0.298 e. The summed E-state index contributed by atoms with van der Waals surface area (Å²) in [6, 6.07) is 1.83. The second-order valence-electron chi connectivity index (χ2n) is 4.18. The molecule has 0 aliphatic heterocycles. The van der Waals surface area contributed by atoms with Crippen molar-refractivity contribution < 1.29 is 9.59 Å². The van der Waals surface area contributed by atoms with Crippen LogP contribution in [0.4, 0.5) is 0 Å². The molecule has 0 heterocycles. The maximum Gasteiger partial charge on any atom is 0.163 e. The number of Topliss-reactive ketones (excluding diaryl/α,β-unsaturated/α-hetero) is 1. The van der Waals surface area contributed by atoms with Gasteiger partial charge in [0.1, 0.15) is 0 Å². The smallest absolute Gasteiger partial charge is 0.163 e. The largest absolute Gasteiger partial charge is 0.298 e. The van der Waals surface area contributed by atoms with Gasteiger partial charge in [0.2, 0.25) is 0 Å². The molecule has 0 amide bonds. The number of carbonyl (C=O) groups is 2. The van der Waals surface area contributed by atoms with Crippen molar-refractivity contribution in [3.8, 4) is 0 Å². The summed E-state index contributed by atoms with van der Waals surface area (Å²) < 4.78 is 0. The second kappa shape index (κ2) is 5.36. The zero-order valence-corrected chi connectivity index (χ0v) is 11.0. The van der Waals surface area contributed by atoms with Crippen molar-refractivity contribution in [1.29, 1.82) is 0 Å². The van der Waals surface area contributed by atoms with E-state index in [2.05, 4.69) is 12.6 Å². The third-order valence-corrected chi connectivity index (χ3v) is 3.58. The molecule has 18 heavy (non-hydrogen) atoms. The molecule has 1 aromatic rings. The first-order valence-corrected chi connectivity index (χ1v) is 6.30. The number of ketones is 1. The molecule has 0 aromatic heterocycles. The molecule has 1 aliphatic carbocycles. The van der Waals surface area contributed by atoms with E-state index in [0.717, 1.165) is 17.4 Å². The van der Waals surface area contributed by atoms with E-state index in [1.807, 2.05) is 37.3 Å². The lowest BCUT2D eigenvalue weighted by Crippen LogP contribution is -1.98. The van der Waals surface area contributed by atoms with Crippen LogP contribution in [0.1, 0.15) is 45.2 Å². The highest BCUT2D eigenvalue weighted by molar-refractivity contribution is 7.80. The number of rotatable bonds is 3. The zero-order valence-electron chi connectivity index (χ0n) is 10.1. The summed E-state index contributed by atoms with van der Waals surface area (Å²) in [7, 11) is 0. The van der Waals surface area contributed by atoms with Gasteiger partial charge in [0.25, 0.3) is 0 Å². The molecule has 1 aliphatic rings. The Balaban J connectivity index is 2.59. The van der Waals surface area contributed by atoms with E-state index in [-0.39, 0.29) is 5.78 Å². The highest BCUT2D eigenvalue weighted by Crippen LogP contribution is 2.32. The van der Waals surface area contributed by atoms with Crippen LogP contribution in [0.15, 0.2) is 29.2 Å². The fraction of sp³-hybridized carbons (Fsp3) is 0.200. The fourth-order valence-electron chi connectivity index (χ4n) is 2.17. The van der Waals surface area contributed by atoms with Gasteiger partial charge in [-0.15, -0.1) is 12.6 Å². The van der Waals surface area contributed by atoms with E-state index in [1.165, 1.54) is 0 Å². The van der Waals surface area contributed by atoms with E-state index in [9.17, 15) is 9.59 Å². The number of carbonyl (C=O) groups excluding carboxylic acids is 2. The molecule has 0 bridgehead atoms. The summed E-state index contributed by atoms with van der Waals surface area (Å²) in [5.41, 5.74) is 2.90. The fourth-order valence-corrected chi connectivity index (χ4v) is 2.50. The predicted octanol–water partition coefficient (Wildman–Crippen LogP) is 3.51. The van der Waals surface area contributed by atoms with Crippen molar-refractivity contribution in [2.75, 3.05) is 0 Å². The number of thiol groups is 1. The van der Waals surface area contributed by atoms with E-state index in [0.29, 0.717) is 28.9 Å². The number of hydrogen-bond donors (Lipinski definition) is 1. The molecule has 0 radical (unpaired) electrons. The monoisotopic (exact) mass is 258 g/mol. The van der Waals surface area contributed by atoms with Gasteiger partial charge in [-0.2, -0.15) is 0 Å². The first-order chi connectivity index (χ1) is 8.69. The highest BCUT2D eigenvalue weighted by Gasteiger charge is 2.24. The number of allylic oxidation sites excluding steroid dienone is 3. The van der Waals surface area contributed by atoms with E-state index < -0.39 is 0 Å². The first-order valence-electron chi connectivity index (χ1n) is 5.85. The summed E-state index contributed by atoms with van der Waals surface area (Å²) in [6.07, 6.45) is 9.47. The van der Waals surface area contributed by atoms with Crippen molar-refractivity contribution in [3.63, 3.8) is 0 Å².